The topological polar surface area (TPSA) is 61.4 Å². The maximum Gasteiger partial charge on any atom is 0.222 e. The van der Waals surface area contributed by atoms with Gasteiger partial charge in [-0.15, -0.1) is 0 Å². The SMILES string of the molecule is CCCNC(=O)CCCC(=O)N1CCC(CNC)CC1. The Morgan fingerprint density at radius 2 is 1.90 bits per heavy atom. The first kappa shape index (κ1) is 17.0. The number of hydrogen-bond donors (Lipinski definition) is 2. The highest BCUT2D eigenvalue weighted by molar-refractivity contribution is 5.79. The predicted octanol–water partition coefficient (Wildman–Crippen LogP) is 1.14. The molecular weight excluding hydrogens is 254 g/mol. The van der Waals surface area contributed by atoms with Crippen LogP contribution in [0.2, 0.25) is 0 Å². The molecule has 0 saturated carbocycles. The number of nitrogens with zero attached hydrogens (tertiary/aromatic N) is 1. The van der Waals surface area contributed by atoms with Gasteiger partial charge in [-0.3, -0.25) is 9.59 Å². The second-order valence-corrected chi connectivity index (χ2v) is 5.59. The van der Waals surface area contributed by atoms with E-state index in [1.807, 2.05) is 18.9 Å². The standard InChI is InChI=1S/C15H29N3O2/c1-3-9-17-14(19)5-4-6-15(20)18-10-7-13(8-11-18)12-16-2/h13,16H,3-12H2,1-2H3,(H,17,19). The van der Waals surface area contributed by atoms with Crippen molar-refractivity contribution in [1.82, 2.24) is 15.5 Å². The molecule has 0 bridgehead atoms. The van der Waals surface area contributed by atoms with Gasteiger partial charge in [0.15, 0.2) is 0 Å². The summed E-state index contributed by atoms with van der Waals surface area (Å²) in [5, 5.41) is 6.03. The number of carbonyl (C=O) groups excluding carboxylic acids is 2. The largest absolute Gasteiger partial charge is 0.356 e. The van der Waals surface area contributed by atoms with Crippen LogP contribution < -0.4 is 10.6 Å². The summed E-state index contributed by atoms with van der Waals surface area (Å²) in [5.41, 5.74) is 0. The molecule has 0 radical (unpaired) electrons. The van der Waals surface area contributed by atoms with Crippen LogP contribution in [0.5, 0.6) is 0 Å². The van der Waals surface area contributed by atoms with Crippen LogP contribution in [-0.4, -0.2) is 49.9 Å². The van der Waals surface area contributed by atoms with E-state index in [2.05, 4.69) is 10.6 Å². The van der Waals surface area contributed by atoms with Crippen molar-refractivity contribution in [1.29, 1.82) is 0 Å². The molecule has 1 heterocycles. The Morgan fingerprint density at radius 1 is 1.20 bits per heavy atom. The average molecular weight is 283 g/mol. The van der Waals surface area contributed by atoms with Crippen LogP contribution in [0.1, 0.15) is 45.4 Å². The smallest absolute Gasteiger partial charge is 0.222 e. The van der Waals surface area contributed by atoms with Gasteiger partial charge in [-0.2, -0.15) is 0 Å². The third-order valence-electron chi connectivity index (χ3n) is 3.83. The van der Waals surface area contributed by atoms with Crippen molar-refractivity contribution in [2.45, 2.75) is 45.4 Å². The Hall–Kier alpha value is -1.10. The summed E-state index contributed by atoms with van der Waals surface area (Å²) in [7, 11) is 1.97. The molecular formula is C15H29N3O2. The Bertz CT molecular complexity index is 299. The molecule has 2 N–H and O–H groups in total. The summed E-state index contributed by atoms with van der Waals surface area (Å²) in [6, 6.07) is 0. The summed E-state index contributed by atoms with van der Waals surface area (Å²) < 4.78 is 0. The van der Waals surface area contributed by atoms with Crippen LogP contribution in [0, 0.1) is 5.92 Å². The minimum Gasteiger partial charge on any atom is -0.356 e. The third-order valence-corrected chi connectivity index (χ3v) is 3.83. The molecule has 1 saturated heterocycles. The van der Waals surface area contributed by atoms with Crippen molar-refractivity contribution >= 4 is 11.8 Å². The van der Waals surface area contributed by atoms with Crippen LogP contribution >= 0.6 is 0 Å². The summed E-state index contributed by atoms with van der Waals surface area (Å²) in [5.74, 6) is 0.965. The van der Waals surface area contributed by atoms with Gasteiger partial charge < -0.3 is 15.5 Å². The van der Waals surface area contributed by atoms with Crippen molar-refractivity contribution in [3.8, 4) is 0 Å². The van der Waals surface area contributed by atoms with Gasteiger partial charge in [0.2, 0.25) is 11.8 Å². The minimum absolute atomic E-state index is 0.0624. The second-order valence-electron chi connectivity index (χ2n) is 5.59. The summed E-state index contributed by atoms with van der Waals surface area (Å²) in [4.78, 5) is 25.4. The molecule has 5 heteroatoms. The zero-order valence-electron chi connectivity index (χ0n) is 12.9. The molecule has 5 nitrogen and oxygen atoms in total. The predicted molar refractivity (Wildman–Crippen MR) is 80.4 cm³/mol. The molecule has 1 fully saturated rings. The molecule has 0 aliphatic carbocycles. The number of piperidine rings is 1. The number of carbonyl (C=O) groups is 2. The monoisotopic (exact) mass is 283 g/mol. The highest BCUT2D eigenvalue weighted by Crippen LogP contribution is 2.17. The van der Waals surface area contributed by atoms with E-state index in [0.29, 0.717) is 25.2 Å². The van der Waals surface area contributed by atoms with Crippen molar-refractivity contribution in [3.05, 3.63) is 0 Å². The van der Waals surface area contributed by atoms with Gasteiger partial charge >= 0.3 is 0 Å². The molecule has 0 unspecified atom stereocenters. The van der Waals surface area contributed by atoms with Crippen molar-refractivity contribution < 1.29 is 9.59 Å². The third kappa shape index (κ3) is 6.37. The van der Waals surface area contributed by atoms with Gasteiger partial charge in [0, 0.05) is 32.5 Å². The minimum atomic E-state index is 0.0624. The Labute approximate surface area is 122 Å². The summed E-state index contributed by atoms with van der Waals surface area (Å²) >= 11 is 0. The van der Waals surface area contributed by atoms with E-state index in [0.717, 1.165) is 45.4 Å². The van der Waals surface area contributed by atoms with Crippen molar-refractivity contribution in [2.24, 2.45) is 5.92 Å². The Balaban J connectivity index is 2.13. The average Bonchev–Trinajstić information content (AvgIpc) is 2.46. The lowest BCUT2D eigenvalue weighted by Gasteiger charge is -2.32. The van der Waals surface area contributed by atoms with Crippen LogP contribution in [0.3, 0.4) is 0 Å². The van der Waals surface area contributed by atoms with Crippen molar-refractivity contribution in [2.75, 3.05) is 33.2 Å². The number of rotatable bonds is 8. The van der Waals surface area contributed by atoms with Crippen LogP contribution in [-0.2, 0) is 9.59 Å². The molecule has 0 aromatic heterocycles. The highest BCUT2D eigenvalue weighted by atomic mass is 16.2. The Morgan fingerprint density at radius 3 is 2.50 bits per heavy atom. The van der Waals surface area contributed by atoms with E-state index in [9.17, 15) is 9.59 Å². The number of nitrogens with one attached hydrogen (secondary N) is 2. The molecule has 1 aliphatic rings. The maximum absolute atomic E-state index is 12.0. The lowest BCUT2D eigenvalue weighted by Crippen LogP contribution is -2.40. The van der Waals surface area contributed by atoms with Gasteiger partial charge in [0.25, 0.3) is 0 Å². The van der Waals surface area contributed by atoms with Gasteiger partial charge in [-0.25, -0.2) is 0 Å². The van der Waals surface area contributed by atoms with Gasteiger partial charge in [0.1, 0.15) is 0 Å². The zero-order valence-corrected chi connectivity index (χ0v) is 12.9. The fraction of sp³-hybridized carbons (Fsp3) is 0.867. The fourth-order valence-electron chi connectivity index (χ4n) is 2.59. The van der Waals surface area contributed by atoms with E-state index in [1.165, 1.54) is 0 Å². The highest BCUT2D eigenvalue weighted by Gasteiger charge is 2.21. The fourth-order valence-corrected chi connectivity index (χ4v) is 2.59. The molecule has 0 aromatic rings. The first-order valence-electron chi connectivity index (χ1n) is 7.86. The molecule has 2 amide bonds. The molecule has 0 aromatic carbocycles. The molecule has 0 spiro atoms. The second kappa shape index (κ2) is 9.75. The summed E-state index contributed by atoms with van der Waals surface area (Å²) in [6.07, 6.45) is 4.74. The van der Waals surface area contributed by atoms with E-state index in [4.69, 9.17) is 0 Å². The first-order chi connectivity index (χ1) is 9.67. The zero-order chi connectivity index (χ0) is 14.8. The molecule has 20 heavy (non-hydrogen) atoms. The first-order valence-corrected chi connectivity index (χ1v) is 7.86. The lowest BCUT2D eigenvalue weighted by atomic mass is 9.96. The van der Waals surface area contributed by atoms with Gasteiger partial charge in [0.05, 0.1) is 0 Å². The lowest BCUT2D eigenvalue weighted by molar-refractivity contribution is -0.132. The van der Waals surface area contributed by atoms with E-state index >= 15 is 0 Å². The van der Waals surface area contributed by atoms with Crippen LogP contribution in [0.25, 0.3) is 0 Å². The maximum atomic E-state index is 12.0. The molecule has 1 aliphatic heterocycles. The van der Waals surface area contributed by atoms with Crippen molar-refractivity contribution in [3.63, 3.8) is 0 Å². The summed E-state index contributed by atoms with van der Waals surface area (Å²) in [6.45, 7) is 5.54. The van der Waals surface area contributed by atoms with Crippen LogP contribution in [0.4, 0.5) is 0 Å². The van der Waals surface area contributed by atoms with Gasteiger partial charge in [-0.1, -0.05) is 6.92 Å². The number of amides is 2. The van der Waals surface area contributed by atoms with E-state index in [1.54, 1.807) is 0 Å². The molecule has 116 valence electrons. The molecule has 1 rings (SSSR count). The van der Waals surface area contributed by atoms with Crippen LogP contribution in [0.15, 0.2) is 0 Å². The van der Waals surface area contributed by atoms with Gasteiger partial charge in [-0.05, 0) is 45.2 Å². The Kier molecular flexibility index (Phi) is 8.26. The molecule has 0 atom stereocenters. The number of likely N-dealkylation sites (tertiary alicyclic amines) is 1. The normalized spacial score (nSPS) is 16.2. The number of hydrogen-bond acceptors (Lipinski definition) is 3. The van der Waals surface area contributed by atoms with E-state index < -0.39 is 0 Å². The quantitative estimate of drug-likeness (QED) is 0.702. The van der Waals surface area contributed by atoms with E-state index in [-0.39, 0.29) is 11.8 Å².